The van der Waals surface area contributed by atoms with Crippen molar-refractivity contribution in [3.63, 3.8) is 0 Å². The van der Waals surface area contributed by atoms with E-state index in [2.05, 4.69) is 5.32 Å². The van der Waals surface area contributed by atoms with Gasteiger partial charge >= 0.3 is 6.03 Å². The smallest absolute Gasteiger partial charge is 0.328 e. The van der Waals surface area contributed by atoms with Gasteiger partial charge in [0.05, 0.1) is 5.69 Å². The van der Waals surface area contributed by atoms with Gasteiger partial charge in [0.25, 0.3) is 10.0 Å². The highest BCUT2D eigenvalue weighted by molar-refractivity contribution is 7.90. The number of hydrogen-bond acceptors (Lipinski definition) is 4. The van der Waals surface area contributed by atoms with Crippen molar-refractivity contribution < 1.29 is 13.2 Å². The monoisotopic (exact) mass is 243 g/mol. The van der Waals surface area contributed by atoms with Crippen LogP contribution in [-0.2, 0) is 10.0 Å². The molecule has 4 N–H and O–H groups in total. The zero-order chi connectivity index (χ0) is 12.3. The molecule has 0 aromatic heterocycles. The van der Waals surface area contributed by atoms with Gasteiger partial charge in [-0.1, -0.05) is 12.1 Å². The summed E-state index contributed by atoms with van der Waals surface area (Å²) in [7, 11) is -2.59. The highest BCUT2D eigenvalue weighted by Gasteiger charge is 2.21. The van der Waals surface area contributed by atoms with Crippen LogP contribution < -0.4 is 15.8 Å². The van der Waals surface area contributed by atoms with Gasteiger partial charge in [-0.25, -0.2) is 17.9 Å². The number of urea groups is 1. The first-order valence-corrected chi connectivity index (χ1v) is 5.96. The lowest BCUT2D eigenvalue weighted by atomic mass is 10.2. The van der Waals surface area contributed by atoms with Crippen LogP contribution in [0, 0.1) is 6.92 Å². The average molecular weight is 243 g/mol. The second-order valence-electron chi connectivity index (χ2n) is 3.18. The van der Waals surface area contributed by atoms with Crippen LogP contribution in [0.2, 0.25) is 0 Å². The molecule has 0 unspecified atom stereocenters. The molecule has 0 saturated carbocycles. The molecule has 1 aromatic rings. The summed E-state index contributed by atoms with van der Waals surface area (Å²) in [6.07, 6.45) is 0. The number of carbonyl (C=O) groups excluding carboxylic acids is 1. The summed E-state index contributed by atoms with van der Waals surface area (Å²) in [4.78, 5) is 10.9. The third-order valence-electron chi connectivity index (χ3n) is 1.97. The summed E-state index contributed by atoms with van der Waals surface area (Å²) in [6, 6.07) is 3.91. The highest BCUT2D eigenvalue weighted by Crippen LogP contribution is 2.21. The quantitative estimate of drug-likeness (QED) is 0.645. The van der Waals surface area contributed by atoms with Crippen LogP contribution in [0.15, 0.2) is 23.1 Å². The van der Waals surface area contributed by atoms with Gasteiger partial charge in [0, 0.05) is 7.05 Å². The molecule has 0 heterocycles. The number of nitrogens with one attached hydrogen (secondary N) is 2. The lowest BCUT2D eigenvalue weighted by Crippen LogP contribution is -2.37. The standard InChI is InChI=1S/C9H13N3O3S/c1-6-4-3-5-7(10)8(6)16(14,15)12-9(13)11-2/h3-5H,10H2,1-2H3,(H2,11,12,13). The largest absolute Gasteiger partial charge is 0.398 e. The Morgan fingerprint density at radius 2 is 2.00 bits per heavy atom. The van der Waals surface area contributed by atoms with Crippen LogP contribution in [-0.4, -0.2) is 21.5 Å². The molecule has 0 aliphatic carbocycles. The minimum absolute atomic E-state index is 0.0707. The Labute approximate surface area is 93.9 Å². The summed E-state index contributed by atoms with van der Waals surface area (Å²) < 4.78 is 25.4. The van der Waals surface area contributed by atoms with Crippen molar-refractivity contribution in [2.75, 3.05) is 12.8 Å². The number of rotatable bonds is 2. The number of amides is 2. The molecule has 2 amide bonds. The highest BCUT2D eigenvalue weighted by atomic mass is 32.2. The zero-order valence-electron chi connectivity index (χ0n) is 8.94. The van der Waals surface area contributed by atoms with Crippen LogP contribution in [0.4, 0.5) is 10.5 Å². The lowest BCUT2D eigenvalue weighted by Gasteiger charge is -2.10. The first-order valence-electron chi connectivity index (χ1n) is 4.48. The Kier molecular flexibility index (Phi) is 3.38. The summed E-state index contributed by atoms with van der Waals surface area (Å²) in [5.41, 5.74) is 6.16. The molecule has 1 rings (SSSR count). The van der Waals surface area contributed by atoms with Crippen molar-refractivity contribution in [1.82, 2.24) is 10.0 Å². The van der Waals surface area contributed by atoms with Crippen molar-refractivity contribution in [3.8, 4) is 0 Å². The van der Waals surface area contributed by atoms with Gasteiger partial charge in [-0.2, -0.15) is 0 Å². The van der Waals surface area contributed by atoms with E-state index in [0.717, 1.165) is 0 Å². The predicted molar refractivity (Wildman–Crippen MR) is 60.4 cm³/mol. The van der Waals surface area contributed by atoms with Crippen LogP contribution in [0.5, 0.6) is 0 Å². The fourth-order valence-electron chi connectivity index (χ4n) is 1.27. The topological polar surface area (TPSA) is 101 Å². The molecule has 1 aromatic carbocycles. The van der Waals surface area contributed by atoms with Crippen molar-refractivity contribution in [1.29, 1.82) is 0 Å². The van der Waals surface area contributed by atoms with Gasteiger partial charge < -0.3 is 11.1 Å². The molecule has 0 saturated heterocycles. The molecular weight excluding hydrogens is 230 g/mol. The van der Waals surface area contributed by atoms with Gasteiger partial charge in [-0.05, 0) is 18.6 Å². The molecule has 0 bridgehead atoms. The van der Waals surface area contributed by atoms with E-state index in [0.29, 0.717) is 5.56 Å². The molecule has 7 heteroatoms. The molecule has 16 heavy (non-hydrogen) atoms. The maximum atomic E-state index is 11.8. The van der Waals surface area contributed by atoms with Crippen LogP contribution in [0.3, 0.4) is 0 Å². The van der Waals surface area contributed by atoms with Crippen molar-refractivity contribution in [3.05, 3.63) is 23.8 Å². The Morgan fingerprint density at radius 3 is 2.50 bits per heavy atom. The van der Waals surface area contributed by atoms with E-state index in [-0.39, 0.29) is 10.6 Å². The van der Waals surface area contributed by atoms with Crippen LogP contribution in [0.25, 0.3) is 0 Å². The lowest BCUT2D eigenvalue weighted by molar-refractivity contribution is 0.248. The molecule has 0 spiro atoms. The van der Waals surface area contributed by atoms with E-state index >= 15 is 0 Å². The number of anilines is 1. The maximum absolute atomic E-state index is 11.8. The normalized spacial score (nSPS) is 10.9. The third kappa shape index (κ3) is 2.43. The summed E-state index contributed by atoms with van der Waals surface area (Å²) in [6.45, 7) is 1.61. The predicted octanol–water partition coefficient (Wildman–Crippen LogP) is 0.195. The maximum Gasteiger partial charge on any atom is 0.328 e. The van der Waals surface area contributed by atoms with Crippen molar-refractivity contribution in [2.24, 2.45) is 0 Å². The number of sulfonamides is 1. The van der Waals surface area contributed by atoms with Gasteiger partial charge in [-0.3, -0.25) is 0 Å². The molecular formula is C9H13N3O3S. The van der Waals surface area contributed by atoms with E-state index in [4.69, 9.17) is 5.73 Å². The minimum atomic E-state index is -3.92. The minimum Gasteiger partial charge on any atom is -0.398 e. The van der Waals surface area contributed by atoms with Crippen LogP contribution in [0.1, 0.15) is 5.56 Å². The Morgan fingerprint density at radius 1 is 1.38 bits per heavy atom. The number of benzene rings is 1. The van der Waals surface area contributed by atoms with Gasteiger partial charge in [-0.15, -0.1) is 0 Å². The fraction of sp³-hybridized carbons (Fsp3) is 0.222. The summed E-state index contributed by atoms with van der Waals surface area (Å²) >= 11 is 0. The van der Waals surface area contributed by atoms with E-state index < -0.39 is 16.1 Å². The number of hydrogen-bond donors (Lipinski definition) is 3. The molecule has 0 fully saturated rings. The average Bonchev–Trinajstić information content (AvgIpc) is 2.16. The fourth-order valence-corrected chi connectivity index (χ4v) is 2.58. The van der Waals surface area contributed by atoms with Gasteiger partial charge in [0.15, 0.2) is 0 Å². The van der Waals surface area contributed by atoms with E-state index in [1.54, 1.807) is 19.1 Å². The van der Waals surface area contributed by atoms with Gasteiger partial charge in [0.2, 0.25) is 0 Å². The molecule has 0 atom stereocenters. The molecule has 6 nitrogen and oxygen atoms in total. The number of nitrogens with two attached hydrogens (primary N) is 1. The number of nitrogen functional groups attached to an aromatic ring is 1. The number of carbonyl (C=O) groups is 1. The van der Waals surface area contributed by atoms with Crippen molar-refractivity contribution in [2.45, 2.75) is 11.8 Å². The summed E-state index contributed by atoms with van der Waals surface area (Å²) in [5, 5.41) is 2.16. The van der Waals surface area contributed by atoms with Crippen molar-refractivity contribution >= 4 is 21.7 Å². The van der Waals surface area contributed by atoms with E-state index in [9.17, 15) is 13.2 Å². The Hall–Kier alpha value is -1.76. The second kappa shape index (κ2) is 4.40. The SMILES string of the molecule is CNC(=O)NS(=O)(=O)c1c(C)cccc1N. The van der Waals surface area contributed by atoms with Gasteiger partial charge in [0.1, 0.15) is 4.90 Å². The zero-order valence-corrected chi connectivity index (χ0v) is 9.76. The van der Waals surface area contributed by atoms with E-state index in [1.165, 1.54) is 13.1 Å². The third-order valence-corrected chi connectivity index (χ3v) is 3.51. The molecule has 0 radical (unpaired) electrons. The number of aryl methyl sites for hydroxylation is 1. The molecule has 0 aliphatic rings. The Balaban J connectivity index is 3.23. The Bertz CT molecular complexity index is 490. The first kappa shape index (κ1) is 12.3. The van der Waals surface area contributed by atoms with Crippen LogP contribution >= 0.6 is 0 Å². The molecule has 88 valence electrons. The summed E-state index contributed by atoms with van der Waals surface area (Å²) in [5.74, 6) is 0. The van der Waals surface area contributed by atoms with E-state index in [1.807, 2.05) is 4.72 Å². The molecule has 0 aliphatic heterocycles. The first-order chi connectivity index (χ1) is 7.38. The second-order valence-corrected chi connectivity index (χ2v) is 4.80.